The van der Waals surface area contributed by atoms with Crippen molar-refractivity contribution in [1.29, 1.82) is 0 Å². The molecule has 0 aliphatic carbocycles. The van der Waals surface area contributed by atoms with Crippen LogP contribution in [0, 0.1) is 0 Å². The van der Waals surface area contributed by atoms with Crippen molar-refractivity contribution >= 4 is 15.6 Å². The van der Waals surface area contributed by atoms with Gasteiger partial charge in [-0.25, -0.2) is 8.42 Å². The molecule has 212 valence electrons. The quantitative estimate of drug-likeness (QED) is 0.252. The Bertz CT molecular complexity index is 1470. The molecule has 0 radical (unpaired) electrons. The lowest BCUT2D eigenvalue weighted by molar-refractivity contribution is -0.143. The van der Waals surface area contributed by atoms with Crippen molar-refractivity contribution in [1.82, 2.24) is 5.32 Å². The number of halogens is 6. The maximum absolute atomic E-state index is 13.7. The molecule has 2 heterocycles. The highest BCUT2D eigenvalue weighted by Gasteiger charge is 2.58. The first-order valence-corrected chi connectivity index (χ1v) is 14.0. The van der Waals surface area contributed by atoms with Gasteiger partial charge < -0.3 is 10.1 Å². The van der Waals surface area contributed by atoms with Gasteiger partial charge in [0.25, 0.3) is 0 Å². The molecule has 0 aromatic heterocycles. The molecule has 0 saturated carbocycles. The zero-order chi connectivity index (χ0) is 28.9. The van der Waals surface area contributed by atoms with Crippen LogP contribution in [0.15, 0.2) is 90.3 Å². The van der Waals surface area contributed by atoms with E-state index in [1.165, 1.54) is 12.1 Å². The van der Waals surface area contributed by atoms with Crippen molar-refractivity contribution < 1.29 is 39.5 Å². The number of benzene rings is 3. The van der Waals surface area contributed by atoms with Gasteiger partial charge in [0, 0.05) is 11.6 Å². The molecular formula is C29H25F6NO3S. The Morgan fingerprint density at radius 2 is 1.40 bits per heavy atom. The van der Waals surface area contributed by atoms with Gasteiger partial charge in [-0.3, -0.25) is 0 Å². The number of ether oxygens (including phenoxy) is 1. The van der Waals surface area contributed by atoms with E-state index in [1.54, 1.807) is 48.5 Å². The molecule has 4 unspecified atom stereocenters. The number of hydrogen-bond donors (Lipinski definition) is 1. The molecular weight excluding hydrogens is 556 g/mol. The molecule has 11 heteroatoms. The number of piperidine rings is 1. The topological polar surface area (TPSA) is 55.4 Å². The minimum absolute atomic E-state index is 0.0466. The normalized spacial score (nSPS) is 25.0. The zero-order valence-electron chi connectivity index (χ0n) is 21.0. The van der Waals surface area contributed by atoms with Gasteiger partial charge in [0.1, 0.15) is 11.9 Å². The van der Waals surface area contributed by atoms with Gasteiger partial charge in [-0.05, 0) is 55.2 Å². The molecule has 2 fully saturated rings. The largest absolute Gasteiger partial charge is 0.488 e. The lowest BCUT2D eigenvalue weighted by Crippen LogP contribution is -2.54. The summed E-state index contributed by atoms with van der Waals surface area (Å²) in [6, 6.07) is 17.7. The zero-order valence-corrected chi connectivity index (χ0v) is 21.8. The first-order chi connectivity index (χ1) is 18.7. The smallest absolute Gasteiger partial charge is 0.416 e. The predicted molar refractivity (Wildman–Crippen MR) is 137 cm³/mol. The van der Waals surface area contributed by atoms with Crippen molar-refractivity contribution in [2.75, 3.05) is 0 Å². The van der Waals surface area contributed by atoms with E-state index in [0.29, 0.717) is 30.5 Å². The van der Waals surface area contributed by atoms with Gasteiger partial charge in [-0.2, -0.15) is 26.3 Å². The average Bonchev–Trinajstić information content (AvgIpc) is 3.25. The van der Waals surface area contributed by atoms with Crippen LogP contribution >= 0.6 is 0 Å². The lowest BCUT2D eigenvalue weighted by Gasteiger charge is -2.42. The van der Waals surface area contributed by atoms with Crippen LogP contribution in [0.4, 0.5) is 26.3 Å². The summed E-state index contributed by atoms with van der Waals surface area (Å²) >= 11 is 0. The lowest BCUT2D eigenvalue weighted by atomic mass is 9.80. The molecule has 3 aromatic carbocycles. The number of alkyl halides is 6. The fourth-order valence-electron chi connectivity index (χ4n) is 5.75. The van der Waals surface area contributed by atoms with E-state index >= 15 is 0 Å². The summed E-state index contributed by atoms with van der Waals surface area (Å²) < 4.78 is 114. The highest BCUT2D eigenvalue weighted by atomic mass is 32.2. The molecule has 0 spiro atoms. The number of nitrogens with one attached hydrogen (secondary N) is 1. The summed E-state index contributed by atoms with van der Waals surface area (Å²) in [5.74, 6) is -0.369. The molecule has 4 nitrogen and oxygen atoms in total. The highest BCUT2D eigenvalue weighted by molar-refractivity contribution is 7.92. The summed E-state index contributed by atoms with van der Waals surface area (Å²) in [6.45, 7) is 3.68. The Balaban J connectivity index is 1.52. The minimum Gasteiger partial charge on any atom is -0.488 e. The molecule has 2 bridgehead atoms. The van der Waals surface area contributed by atoms with E-state index in [4.69, 9.17) is 4.74 Å². The van der Waals surface area contributed by atoms with Crippen LogP contribution in [0.3, 0.4) is 0 Å². The molecule has 1 N–H and O–H groups in total. The molecule has 4 atom stereocenters. The summed E-state index contributed by atoms with van der Waals surface area (Å²) in [5.41, 5.74) is -3.79. The molecule has 2 aliphatic rings. The van der Waals surface area contributed by atoms with Crippen LogP contribution < -0.4 is 5.32 Å². The molecule has 0 amide bonds. The first kappa shape index (κ1) is 28.2. The van der Waals surface area contributed by atoms with Gasteiger partial charge >= 0.3 is 12.4 Å². The van der Waals surface area contributed by atoms with Crippen LogP contribution in [-0.4, -0.2) is 25.8 Å². The summed E-state index contributed by atoms with van der Waals surface area (Å²) in [7, 11) is -3.78. The van der Waals surface area contributed by atoms with Crippen molar-refractivity contribution in [2.24, 2.45) is 0 Å². The maximum Gasteiger partial charge on any atom is 0.416 e. The third kappa shape index (κ3) is 5.12. The van der Waals surface area contributed by atoms with Crippen LogP contribution in [0.25, 0.3) is 5.76 Å². The molecule has 5 rings (SSSR count). The second-order valence-electron chi connectivity index (χ2n) is 10.1. The van der Waals surface area contributed by atoms with Gasteiger partial charge in [-0.15, -0.1) is 0 Å². The third-order valence-corrected chi connectivity index (χ3v) is 9.88. The number of rotatable bonds is 6. The van der Waals surface area contributed by atoms with Crippen LogP contribution in [0.1, 0.15) is 41.5 Å². The summed E-state index contributed by atoms with van der Waals surface area (Å²) in [5, 5.41) is 2.59. The molecule has 2 aliphatic heterocycles. The fourth-order valence-corrected chi connectivity index (χ4v) is 7.76. The van der Waals surface area contributed by atoms with Crippen molar-refractivity contribution in [2.45, 2.75) is 59.4 Å². The van der Waals surface area contributed by atoms with E-state index in [2.05, 4.69) is 11.9 Å². The van der Waals surface area contributed by atoms with Gasteiger partial charge in [0.15, 0.2) is 9.84 Å². The standard InChI is InChI=1S/C29H25F6NO3S/c1-18(19-14-21(28(30,31)32)16-22(15-19)29(33,34)35)39-26-13-12-24-25(40(37,38)23-10-6-3-7-11-23)17-27(26,36-24)20-8-4-2-5-9-20/h2-11,14-16,24-26,36H,1,12-13,17H2. The van der Waals surface area contributed by atoms with Gasteiger partial charge in [-0.1, -0.05) is 55.1 Å². The van der Waals surface area contributed by atoms with Gasteiger partial charge in [0.2, 0.25) is 0 Å². The maximum atomic E-state index is 13.7. The Morgan fingerprint density at radius 1 is 0.850 bits per heavy atom. The number of fused-ring (bicyclic) bond motifs is 2. The Labute approximate surface area is 227 Å². The Hall–Kier alpha value is -3.31. The Morgan fingerprint density at radius 3 is 1.95 bits per heavy atom. The van der Waals surface area contributed by atoms with E-state index in [-0.39, 0.29) is 23.1 Å². The van der Waals surface area contributed by atoms with Gasteiger partial charge in [0.05, 0.1) is 26.8 Å². The van der Waals surface area contributed by atoms with Crippen LogP contribution in [-0.2, 0) is 32.5 Å². The van der Waals surface area contributed by atoms with Crippen molar-refractivity contribution in [3.8, 4) is 0 Å². The third-order valence-electron chi connectivity index (χ3n) is 7.66. The molecule has 3 aromatic rings. The van der Waals surface area contributed by atoms with E-state index in [9.17, 15) is 34.8 Å². The second-order valence-corrected chi connectivity index (χ2v) is 12.3. The highest BCUT2D eigenvalue weighted by Crippen LogP contribution is 2.49. The number of sulfone groups is 1. The summed E-state index contributed by atoms with van der Waals surface area (Å²) in [4.78, 5) is 0.170. The van der Waals surface area contributed by atoms with Crippen LogP contribution in [0.2, 0.25) is 0 Å². The average molecular weight is 582 g/mol. The minimum atomic E-state index is -5.02. The van der Waals surface area contributed by atoms with Crippen LogP contribution in [0.5, 0.6) is 0 Å². The predicted octanol–water partition coefficient (Wildman–Crippen LogP) is 6.97. The fraction of sp³-hybridized carbons (Fsp3) is 0.310. The van der Waals surface area contributed by atoms with Crippen molar-refractivity contribution in [3.63, 3.8) is 0 Å². The number of hydrogen-bond acceptors (Lipinski definition) is 4. The summed E-state index contributed by atoms with van der Waals surface area (Å²) in [6.07, 6.45) is -10.1. The first-order valence-electron chi connectivity index (χ1n) is 12.5. The monoisotopic (exact) mass is 581 g/mol. The SMILES string of the molecule is C=C(OC1CCC2NC1(c1ccccc1)CC2S(=O)(=O)c1ccccc1)c1cc(C(F)(F)F)cc(C(F)(F)F)c1. The molecule has 40 heavy (non-hydrogen) atoms. The van der Waals surface area contributed by atoms with E-state index < -0.39 is 61.8 Å². The molecule has 2 saturated heterocycles. The second kappa shape index (κ2) is 9.95. The van der Waals surface area contributed by atoms with E-state index in [1.807, 2.05) is 0 Å². The van der Waals surface area contributed by atoms with Crippen molar-refractivity contribution in [3.05, 3.63) is 108 Å². The van der Waals surface area contributed by atoms with E-state index in [0.717, 1.165) is 0 Å². The Kier molecular flexibility index (Phi) is 7.02.